The van der Waals surface area contributed by atoms with Gasteiger partial charge in [-0.3, -0.25) is 4.39 Å². The smallest absolute Gasteiger partial charge is 0.284 e. The number of halogens is 1. The fourth-order valence-electron chi connectivity index (χ4n) is 5.21. The largest absolute Gasteiger partial charge is 3.00 e. The second-order valence-electron chi connectivity index (χ2n) is 8.95. The van der Waals surface area contributed by atoms with Gasteiger partial charge in [0.2, 0.25) is 0 Å². The Balaban J connectivity index is 0.00000261. The zero-order valence-corrected chi connectivity index (χ0v) is 20.8. The standard InChI is InChI=1S/C25H36F.La/c1-3-4-5-20-7-9-21(10-8-20)11-12-22-13-16-23(17-14-22)24-15-6-19(2)25(26)18-24;/h3,15,18,20-23H,1,4-5,7-14,16-17H2,2H3;/q-1;+3. The minimum Gasteiger partial charge on any atom is -0.284 e. The second-order valence-corrected chi connectivity index (χ2v) is 8.95. The summed E-state index contributed by atoms with van der Waals surface area (Å²) < 4.78 is 13.8. The molecule has 0 atom stereocenters. The number of rotatable bonds is 7. The van der Waals surface area contributed by atoms with Crippen molar-refractivity contribution in [3.8, 4) is 0 Å². The van der Waals surface area contributed by atoms with E-state index in [9.17, 15) is 4.39 Å². The molecule has 2 saturated carbocycles. The molecule has 0 bridgehead atoms. The summed E-state index contributed by atoms with van der Waals surface area (Å²) in [5.41, 5.74) is 1.81. The minimum absolute atomic E-state index is 0. The van der Waals surface area contributed by atoms with Gasteiger partial charge in [0.05, 0.1) is 0 Å². The fourth-order valence-corrected chi connectivity index (χ4v) is 5.21. The molecule has 2 aliphatic carbocycles. The van der Waals surface area contributed by atoms with E-state index < -0.39 is 0 Å². The molecule has 0 heterocycles. The van der Waals surface area contributed by atoms with Gasteiger partial charge in [-0.2, -0.15) is 17.7 Å². The summed E-state index contributed by atoms with van der Waals surface area (Å²) in [6, 6.07) is 6.85. The molecule has 1 aromatic rings. The molecule has 0 aliphatic heterocycles. The van der Waals surface area contributed by atoms with E-state index >= 15 is 0 Å². The number of hydrogen-bond donors (Lipinski definition) is 0. The number of hydrogen-bond acceptors (Lipinski definition) is 0. The normalized spacial score (nSPS) is 28.4. The summed E-state index contributed by atoms with van der Waals surface area (Å²) in [7, 11) is 0. The van der Waals surface area contributed by atoms with Gasteiger partial charge in [-0.05, 0) is 30.6 Å². The maximum atomic E-state index is 13.8. The minimum atomic E-state index is -0.0895. The average Bonchev–Trinajstić information content (AvgIpc) is 2.68. The fraction of sp³-hybridized carbons (Fsp3) is 0.680. The number of aryl methyl sites for hydroxylation is 1. The van der Waals surface area contributed by atoms with Crippen LogP contribution in [0.5, 0.6) is 0 Å². The van der Waals surface area contributed by atoms with E-state index in [0.29, 0.717) is 11.5 Å². The molecule has 144 valence electrons. The number of allylic oxidation sites excluding steroid dienone is 1. The van der Waals surface area contributed by atoms with Crippen LogP contribution in [0.3, 0.4) is 0 Å². The Bertz CT molecular complexity index is 566. The van der Waals surface area contributed by atoms with Crippen molar-refractivity contribution in [3.05, 3.63) is 47.8 Å². The van der Waals surface area contributed by atoms with Gasteiger partial charge in [-0.15, -0.1) is 18.2 Å². The molecule has 0 nitrogen and oxygen atoms in total. The van der Waals surface area contributed by atoms with Gasteiger partial charge in [0.25, 0.3) is 0 Å². The Labute approximate surface area is 194 Å². The van der Waals surface area contributed by atoms with E-state index in [0.717, 1.165) is 17.8 Å². The van der Waals surface area contributed by atoms with Gasteiger partial charge in [0, 0.05) is 5.82 Å². The molecule has 0 aromatic heterocycles. The van der Waals surface area contributed by atoms with Crippen LogP contribution < -0.4 is 0 Å². The van der Waals surface area contributed by atoms with Crippen LogP contribution in [0.4, 0.5) is 4.39 Å². The van der Waals surface area contributed by atoms with Crippen molar-refractivity contribution in [1.29, 1.82) is 0 Å². The summed E-state index contributed by atoms with van der Waals surface area (Å²) >= 11 is 0. The summed E-state index contributed by atoms with van der Waals surface area (Å²) in [6.45, 7) is 5.65. The topological polar surface area (TPSA) is 0 Å². The van der Waals surface area contributed by atoms with Crippen molar-refractivity contribution in [3.63, 3.8) is 0 Å². The van der Waals surface area contributed by atoms with Crippen LogP contribution in [-0.2, 0) is 0 Å². The molecule has 0 amide bonds. The van der Waals surface area contributed by atoms with Gasteiger partial charge in [0.15, 0.2) is 0 Å². The third kappa shape index (κ3) is 7.12. The Morgan fingerprint density at radius 2 is 1.48 bits per heavy atom. The van der Waals surface area contributed by atoms with Crippen molar-refractivity contribution in [2.24, 2.45) is 17.8 Å². The van der Waals surface area contributed by atoms with E-state index in [1.807, 2.05) is 6.07 Å². The zero-order valence-electron chi connectivity index (χ0n) is 17.2. The van der Waals surface area contributed by atoms with Gasteiger partial charge in [0.1, 0.15) is 0 Å². The molecule has 0 N–H and O–H groups in total. The quantitative estimate of drug-likeness (QED) is 0.268. The van der Waals surface area contributed by atoms with Gasteiger partial charge < -0.3 is 0 Å². The van der Waals surface area contributed by atoms with Crippen LogP contribution in [0.1, 0.15) is 94.1 Å². The molecular weight excluding hydrogens is 458 g/mol. The molecule has 2 heteroatoms. The van der Waals surface area contributed by atoms with Crippen LogP contribution in [-0.4, -0.2) is 0 Å². The first-order valence-corrected chi connectivity index (χ1v) is 10.9. The van der Waals surface area contributed by atoms with Crippen LogP contribution >= 0.6 is 0 Å². The second kappa shape index (κ2) is 11.9. The van der Waals surface area contributed by atoms with Crippen LogP contribution in [0.25, 0.3) is 0 Å². The molecule has 2 fully saturated rings. The van der Waals surface area contributed by atoms with Crippen LogP contribution in [0.2, 0.25) is 0 Å². The van der Waals surface area contributed by atoms with E-state index in [1.54, 1.807) is 13.0 Å². The molecule has 0 radical (unpaired) electrons. The first-order valence-electron chi connectivity index (χ1n) is 10.9. The molecule has 1 aromatic carbocycles. The van der Waals surface area contributed by atoms with E-state index in [2.05, 4.69) is 18.7 Å². The van der Waals surface area contributed by atoms with E-state index in [4.69, 9.17) is 0 Å². The van der Waals surface area contributed by atoms with Crippen molar-refractivity contribution >= 4 is 0 Å². The first kappa shape index (κ1) is 23.4. The Morgan fingerprint density at radius 1 is 0.963 bits per heavy atom. The van der Waals surface area contributed by atoms with Crippen LogP contribution in [0.15, 0.2) is 24.8 Å². The van der Waals surface area contributed by atoms with E-state index in [-0.39, 0.29) is 41.4 Å². The molecule has 0 saturated heterocycles. The Kier molecular flexibility index (Phi) is 10.3. The molecule has 0 spiro atoms. The van der Waals surface area contributed by atoms with Crippen molar-refractivity contribution in [2.75, 3.05) is 0 Å². The maximum Gasteiger partial charge on any atom is 3.00 e. The van der Waals surface area contributed by atoms with E-state index in [1.165, 1.54) is 82.6 Å². The maximum absolute atomic E-state index is 13.8. The van der Waals surface area contributed by atoms with Gasteiger partial charge in [-0.25, -0.2) is 0 Å². The molecule has 3 rings (SSSR count). The summed E-state index contributed by atoms with van der Waals surface area (Å²) in [4.78, 5) is 0. The Hall–Kier alpha value is 0.0848. The van der Waals surface area contributed by atoms with Gasteiger partial charge in [-0.1, -0.05) is 83.1 Å². The molecular formula is C25H36FLa+2. The predicted octanol–water partition coefficient (Wildman–Crippen LogP) is 7.76. The van der Waals surface area contributed by atoms with Crippen molar-refractivity contribution in [2.45, 2.75) is 89.9 Å². The third-order valence-corrected chi connectivity index (χ3v) is 7.15. The molecule has 0 unspecified atom stereocenters. The summed E-state index contributed by atoms with van der Waals surface area (Å²) in [6.07, 6.45) is 18.4. The summed E-state index contributed by atoms with van der Waals surface area (Å²) in [5.74, 6) is 3.31. The zero-order chi connectivity index (χ0) is 18.4. The van der Waals surface area contributed by atoms with Crippen LogP contribution in [0, 0.1) is 72.2 Å². The SMILES string of the molecule is C=CCCC1CCC(CCC2CCC(c3c[c-]c(C)c(F)c3)CC2)CC1.[La+3]. The Morgan fingerprint density at radius 3 is 2.00 bits per heavy atom. The summed E-state index contributed by atoms with van der Waals surface area (Å²) in [5, 5.41) is 0. The monoisotopic (exact) mass is 494 g/mol. The molecule has 27 heavy (non-hydrogen) atoms. The van der Waals surface area contributed by atoms with Crippen molar-refractivity contribution < 1.29 is 40.0 Å². The number of benzene rings is 1. The first-order chi connectivity index (χ1) is 12.7. The predicted molar refractivity (Wildman–Crippen MR) is 109 cm³/mol. The third-order valence-electron chi connectivity index (χ3n) is 7.15. The molecule has 2 aliphatic rings. The van der Waals surface area contributed by atoms with Crippen molar-refractivity contribution in [1.82, 2.24) is 0 Å². The average molecular weight is 494 g/mol. The van der Waals surface area contributed by atoms with Gasteiger partial charge >= 0.3 is 35.6 Å².